The number of carboxylic acids is 1. The van der Waals surface area contributed by atoms with Crippen LogP contribution in [0.4, 0.5) is 5.69 Å². The predicted octanol–water partition coefficient (Wildman–Crippen LogP) is 1.90. The Kier molecular flexibility index (Phi) is 3.88. The minimum atomic E-state index is -1.24. The summed E-state index contributed by atoms with van der Waals surface area (Å²) in [6.07, 6.45) is 3.93. The van der Waals surface area contributed by atoms with Crippen molar-refractivity contribution in [2.75, 3.05) is 18.0 Å². The molecule has 1 aliphatic rings. The fourth-order valence-electron chi connectivity index (χ4n) is 2.47. The van der Waals surface area contributed by atoms with E-state index in [0.717, 1.165) is 37.5 Å². The van der Waals surface area contributed by atoms with Gasteiger partial charge in [0.2, 0.25) is 0 Å². The number of hydrogen-bond donors (Lipinski definition) is 1. The molecule has 0 saturated carbocycles. The first-order valence-corrected chi connectivity index (χ1v) is 7.04. The Morgan fingerprint density at radius 3 is 2.45 bits per heavy atom. The first-order valence-electron chi connectivity index (χ1n) is 7.04. The van der Waals surface area contributed by atoms with Crippen LogP contribution in [0.15, 0.2) is 23.1 Å². The molecule has 1 fully saturated rings. The maximum absolute atomic E-state index is 11.9. The average Bonchev–Trinajstić information content (AvgIpc) is 2.40. The van der Waals surface area contributed by atoms with Crippen molar-refractivity contribution in [3.63, 3.8) is 0 Å². The Morgan fingerprint density at radius 1 is 1.30 bits per heavy atom. The zero-order chi connectivity index (χ0) is 14.9. The summed E-state index contributed by atoms with van der Waals surface area (Å²) in [4.78, 5) is 25.5. The molecule has 0 amide bonds. The summed E-state index contributed by atoms with van der Waals surface area (Å²) >= 11 is 0. The lowest BCUT2D eigenvalue weighted by Gasteiger charge is -2.33. The standard InChI is InChI=1S/C15H22N2O3/c1-11-6-8-16(9-7-11)12-4-5-13(18)17(10-12)15(2,3)14(19)20/h4-5,10-11H,6-9H2,1-3H3,(H,19,20). The fraction of sp³-hybridized carbons (Fsp3) is 0.600. The Labute approximate surface area is 118 Å². The van der Waals surface area contributed by atoms with Gasteiger partial charge in [-0.05, 0) is 38.7 Å². The molecular weight excluding hydrogens is 256 g/mol. The molecule has 1 saturated heterocycles. The number of nitrogens with zero attached hydrogens (tertiary/aromatic N) is 2. The molecule has 2 heterocycles. The fourth-order valence-corrected chi connectivity index (χ4v) is 2.47. The van der Waals surface area contributed by atoms with Gasteiger partial charge in [-0.2, -0.15) is 0 Å². The van der Waals surface area contributed by atoms with Crippen molar-refractivity contribution in [1.29, 1.82) is 0 Å². The Bertz CT molecular complexity index is 554. The molecule has 0 bridgehead atoms. The summed E-state index contributed by atoms with van der Waals surface area (Å²) in [7, 11) is 0. The van der Waals surface area contributed by atoms with Crippen molar-refractivity contribution in [3.05, 3.63) is 28.7 Å². The molecule has 5 heteroatoms. The highest BCUT2D eigenvalue weighted by Gasteiger charge is 2.30. The van der Waals surface area contributed by atoms with Gasteiger partial charge in [0.15, 0.2) is 0 Å². The van der Waals surface area contributed by atoms with Crippen molar-refractivity contribution in [1.82, 2.24) is 4.57 Å². The van der Waals surface area contributed by atoms with Crippen molar-refractivity contribution in [2.45, 2.75) is 39.2 Å². The van der Waals surface area contributed by atoms with E-state index in [-0.39, 0.29) is 5.56 Å². The Hall–Kier alpha value is -1.78. The maximum atomic E-state index is 11.9. The van der Waals surface area contributed by atoms with E-state index in [1.807, 2.05) is 0 Å². The van der Waals surface area contributed by atoms with Gasteiger partial charge in [0.1, 0.15) is 5.54 Å². The minimum Gasteiger partial charge on any atom is -0.480 e. The van der Waals surface area contributed by atoms with Gasteiger partial charge < -0.3 is 10.0 Å². The van der Waals surface area contributed by atoms with Crippen molar-refractivity contribution in [3.8, 4) is 0 Å². The second-order valence-electron chi connectivity index (χ2n) is 6.13. The summed E-state index contributed by atoms with van der Waals surface area (Å²) in [6, 6.07) is 3.24. The van der Waals surface area contributed by atoms with Gasteiger partial charge in [-0.1, -0.05) is 6.92 Å². The van der Waals surface area contributed by atoms with Crippen LogP contribution in [0.5, 0.6) is 0 Å². The predicted molar refractivity (Wildman–Crippen MR) is 78.3 cm³/mol. The molecule has 0 unspecified atom stereocenters. The van der Waals surface area contributed by atoms with Crippen molar-refractivity contribution in [2.24, 2.45) is 5.92 Å². The lowest BCUT2D eigenvalue weighted by Crippen LogP contribution is -2.43. The number of anilines is 1. The third kappa shape index (κ3) is 2.71. The number of piperidine rings is 1. The molecule has 0 aliphatic carbocycles. The highest BCUT2D eigenvalue weighted by Crippen LogP contribution is 2.23. The lowest BCUT2D eigenvalue weighted by atomic mass is 9.99. The van der Waals surface area contributed by atoms with E-state index in [1.54, 1.807) is 26.1 Å². The molecular formula is C15H22N2O3. The first kappa shape index (κ1) is 14.6. The van der Waals surface area contributed by atoms with E-state index in [2.05, 4.69) is 11.8 Å². The summed E-state index contributed by atoms with van der Waals surface area (Å²) in [5, 5.41) is 9.28. The number of aromatic nitrogens is 1. The third-order valence-electron chi connectivity index (χ3n) is 4.17. The Morgan fingerprint density at radius 2 is 1.90 bits per heavy atom. The normalized spacial score (nSPS) is 17.2. The molecule has 0 atom stereocenters. The number of pyridine rings is 1. The molecule has 2 rings (SSSR count). The van der Waals surface area contributed by atoms with Crippen LogP contribution < -0.4 is 10.5 Å². The van der Waals surface area contributed by atoms with Crippen LogP contribution >= 0.6 is 0 Å². The summed E-state index contributed by atoms with van der Waals surface area (Å²) in [6.45, 7) is 7.23. The van der Waals surface area contributed by atoms with Gasteiger partial charge in [-0.15, -0.1) is 0 Å². The minimum absolute atomic E-state index is 0.286. The molecule has 5 nitrogen and oxygen atoms in total. The first-order chi connectivity index (χ1) is 9.32. The zero-order valence-electron chi connectivity index (χ0n) is 12.3. The maximum Gasteiger partial charge on any atom is 0.329 e. The molecule has 0 aromatic carbocycles. The third-order valence-corrected chi connectivity index (χ3v) is 4.17. The topological polar surface area (TPSA) is 62.5 Å². The van der Waals surface area contributed by atoms with E-state index in [9.17, 15) is 14.7 Å². The number of carboxylic acid groups (broad SMARTS) is 1. The summed E-state index contributed by atoms with van der Waals surface area (Å²) in [5.74, 6) is -0.281. The number of aliphatic carboxylic acids is 1. The number of carbonyl (C=O) groups is 1. The molecule has 110 valence electrons. The van der Waals surface area contributed by atoms with Crippen LogP contribution in [0.2, 0.25) is 0 Å². The molecule has 1 aromatic heterocycles. The second kappa shape index (κ2) is 5.31. The van der Waals surface area contributed by atoms with Crippen LogP contribution in [0, 0.1) is 5.92 Å². The lowest BCUT2D eigenvalue weighted by molar-refractivity contribution is -0.145. The SMILES string of the molecule is CC1CCN(c2ccc(=O)n(C(C)(C)C(=O)O)c2)CC1. The van der Waals surface area contributed by atoms with Crippen LogP contribution in [0.3, 0.4) is 0 Å². The van der Waals surface area contributed by atoms with Gasteiger partial charge in [-0.25, -0.2) is 4.79 Å². The van der Waals surface area contributed by atoms with Crippen LogP contribution in [-0.2, 0) is 10.3 Å². The van der Waals surface area contributed by atoms with Crippen LogP contribution in [-0.4, -0.2) is 28.7 Å². The zero-order valence-corrected chi connectivity index (χ0v) is 12.3. The molecule has 1 N–H and O–H groups in total. The molecule has 1 aromatic rings. The smallest absolute Gasteiger partial charge is 0.329 e. The molecule has 1 aliphatic heterocycles. The van der Waals surface area contributed by atoms with Crippen molar-refractivity contribution < 1.29 is 9.90 Å². The van der Waals surface area contributed by atoms with E-state index in [1.165, 1.54) is 10.6 Å². The van der Waals surface area contributed by atoms with Crippen LogP contribution in [0.25, 0.3) is 0 Å². The van der Waals surface area contributed by atoms with E-state index >= 15 is 0 Å². The molecule has 0 spiro atoms. The molecule has 0 radical (unpaired) electrons. The monoisotopic (exact) mass is 278 g/mol. The number of hydrogen-bond acceptors (Lipinski definition) is 3. The summed E-state index contributed by atoms with van der Waals surface area (Å²) in [5.41, 5.74) is -0.603. The van der Waals surface area contributed by atoms with Gasteiger partial charge >= 0.3 is 5.97 Å². The van der Waals surface area contributed by atoms with E-state index in [4.69, 9.17) is 0 Å². The van der Waals surface area contributed by atoms with Gasteiger partial charge in [-0.3, -0.25) is 9.36 Å². The van der Waals surface area contributed by atoms with E-state index in [0.29, 0.717) is 0 Å². The quantitative estimate of drug-likeness (QED) is 0.917. The average molecular weight is 278 g/mol. The van der Waals surface area contributed by atoms with Crippen molar-refractivity contribution >= 4 is 11.7 Å². The van der Waals surface area contributed by atoms with Gasteiger partial charge in [0.25, 0.3) is 5.56 Å². The largest absolute Gasteiger partial charge is 0.480 e. The second-order valence-corrected chi connectivity index (χ2v) is 6.13. The summed E-state index contributed by atoms with van der Waals surface area (Å²) < 4.78 is 1.31. The van der Waals surface area contributed by atoms with Gasteiger partial charge in [0.05, 0.1) is 5.69 Å². The molecule has 20 heavy (non-hydrogen) atoms. The van der Waals surface area contributed by atoms with E-state index < -0.39 is 11.5 Å². The highest BCUT2D eigenvalue weighted by molar-refractivity contribution is 5.75. The Balaban J connectivity index is 2.34. The highest BCUT2D eigenvalue weighted by atomic mass is 16.4. The van der Waals surface area contributed by atoms with Gasteiger partial charge in [0, 0.05) is 25.4 Å². The number of rotatable bonds is 3. The van der Waals surface area contributed by atoms with Crippen LogP contribution in [0.1, 0.15) is 33.6 Å².